The highest BCUT2D eigenvalue weighted by Gasteiger charge is 2.32. The van der Waals surface area contributed by atoms with Gasteiger partial charge in [0, 0.05) is 36.2 Å². The van der Waals surface area contributed by atoms with E-state index in [0.717, 1.165) is 18.7 Å². The molecule has 0 fully saturated rings. The summed E-state index contributed by atoms with van der Waals surface area (Å²) in [4.78, 5) is 3.00. The second-order valence-electron chi connectivity index (χ2n) is 7.49. The lowest BCUT2D eigenvalue weighted by molar-refractivity contribution is -0.137. The standard InChI is InChI=1S/C23H16F5N3O4S2/c1-34-15-8-14(23(26,27)28)9-16(10-15)35-19-11-18(25)20(12-17(19)24)37(32,33)31-22-29-21(30-36-22)7-13-5-3-2-4-6-13/h2-6,8-12H,7H2,1H3,(H,29,30,31). The number of hydrogen-bond acceptors (Lipinski definition) is 7. The number of benzene rings is 3. The highest BCUT2D eigenvalue weighted by atomic mass is 32.2. The Bertz CT molecular complexity index is 1530. The average molecular weight is 558 g/mol. The van der Waals surface area contributed by atoms with Crippen LogP contribution in [0.2, 0.25) is 0 Å². The zero-order valence-electron chi connectivity index (χ0n) is 18.7. The second-order valence-corrected chi connectivity index (χ2v) is 9.90. The molecule has 14 heteroatoms. The van der Waals surface area contributed by atoms with E-state index in [-0.39, 0.29) is 10.9 Å². The number of aromatic nitrogens is 2. The molecule has 0 amide bonds. The molecule has 0 bridgehead atoms. The van der Waals surface area contributed by atoms with E-state index >= 15 is 0 Å². The molecule has 4 rings (SSSR count). The van der Waals surface area contributed by atoms with Crippen molar-refractivity contribution in [2.45, 2.75) is 17.5 Å². The Labute approximate surface area is 211 Å². The molecule has 1 heterocycles. The lowest BCUT2D eigenvalue weighted by Crippen LogP contribution is -2.15. The van der Waals surface area contributed by atoms with Crippen LogP contribution in [0.3, 0.4) is 0 Å². The number of nitrogens with one attached hydrogen (secondary N) is 1. The van der Waals surface area contributed by atoms with Gasteiger partial charge >= 0.3 is 6.18 Å². The Morgan fingerprint density at radius 3 is 2.35 bits per heavy atom. The van der Waals surface area contributed by atoms with Crippen molar-refractivity contribution in [2.24, 2.45) is 0 Å². The van der Waals surface area contributed by atoms with Gasteiger partial charge in [0.25, 0.3) is 10.0 Å². The maximum Gasteiger partial charge on any atom is 0.416 e. The molecule has 0 unspecified atom stereocenters. The first-order chi connectivity index (χ1) is 17.4. The summed E-state index contributed by atoms with van der Waals surface area (Å²) in [6, 6.07) is 12.2. The van der Waals surface area contributed by atoms with Gasteiger partial charge < -0.3 is 9.47 Å². The fourth-order valence-corrected chi connectivity index (χ4v) is 5.03. The van der Waals surface area contributed by atoms with Crippen molar-refractivity contribution in [2.75, 3.05) is 11.8 Å². The van der Waals surface area contributed by atoms with Crippen LogP contribution in [-0.2, 0) is 22.6 Å². The van der Waals surface area contributed by atoms with Crippen LogP contribution in [0.15, 0.2) is 65.6 Å². The summed E-state index contributed by atoms with van der Waals surface area (Å²) in [6.45, 7) is 0. The molecule has 1 aromatic heterocycles. The predicted octanol–water partition coefficient (Wildman–Crippen LogP) is 6.03. The number of alkyl halides is 3. The molecular formula is C23H16F5N3O4S2. The minimum atomic E-state index is -4.76. The van der Waals surface area contributed by atoms with Gasteiger partial charge in [-0.1, -0.05) is 30.3 Å². The highest BCUT2D eigenvalue weighted by Crippen LogP contribution is 2.37. The van der Waals surface area contributed by atoms with Crippen LogP contribution in [-0.4, -0.2) is 24.9 Å². The van der Waals surface area contributed by atoms with E-state index < -0.39 is 49.8 Å². The number of hydrogen-bond donors (Lipinski definition) is 1. The van der Waals surface area contributed by atoms with Gasteiger partial charge in [0.2, 0.25) is 5.13 Å². The SMILES string of the molecule is COc1cc(Oc2cc(F)c(S(=O)(=O)Nc3nc(Cc4ccccc4)ns3)cc2F)cc(C(F)(F)F)c1. The smallest absolute Gasteiger partial charge is 0.416 e. The Kier molecular flexibility index (Phi) is 7.32. The number of rotatable bonds is 8. The van der Waals surface area contributed by atoms with Crippen molar-refractivity contribution >= 4 is 26.7 Å². The van der Waals surface area contributed by atoms with E-state index in [1.54, 1.807) is 0 Å². The largest absolute Gasteiger partial charge is 0.497 e. The van der Waals surface area contributed by atoms with Crippen LogP contribution in [0, 0.1) is 11.6 Å². The van der Waals surface area contributed by atoms with Crippen molar-refractivity contribution in [1.29, 1.82) is 0 Å². The topological polar surface area (TPSA) is 90.4 Å². The molecule has 3 aromatic carbocycles. The summed E-state index contributed by atoms with van der Waals surface area (Å²) < 4.78 is 110. The van der Waals surface area contributed by atoms with Gasteiger partial charge in [-0.15, -0.1) is 0 Å². The molecule has 0 saturated carbocycles. The first kappa shape index (κ1) is 26.3. The molecule has 1 N–H and O–H groups in total. The minimum absolute atomic E-state index is 0.165. The molecule has 0 aliphatic rings. The molecule has 194 valence electrons. The zero-order valence-corrected chi connectivity index (χ0v) is 20.3. The van der Waals surface area contributed by atoms with Gasteiger partial charge in [-0.2, -0.15) is 17.5 Å². The van der Waals surface area contributed by atoms with Crippen molar-refractivity contribution in [3.8, 4) is 17.2 Å². The van der Waals surface area contributed by atoms with Crippen molar-refractivity contribution < 1.29 is 39.8 Å². The lowest BCUT2D eigenvalue weighted by Gasteiger charge is -2.14. The first-order valence-corrected chi connectivity index (χ1v) is 12.5. The highest BCUT2D eigenvalue weighted by molar-refractivity contribution is 7.93. The van der Waals surface area contributed by atoms with E-state index in [2.05, 4.69) is 9.36 Å². The number of sulfonamides is 1. The van der Waals surface area contributed by atoms with Gasteiger partial charge in [-0.05, 0) is 17.7 Å². The van der Waals surface area contributed by atoms with E-state index in [0.29, 0.717) is 48.0 Å². The van der Waals surface area contributed by atoms with Gasteiger partial charge in [0.05, 0.1) is 12.7 Å². The van der Waals surface area contributed by atoms with Crippen molar-refractivity contribution in [1.82, 2.24) is 9.36 Å². The number of methoxy groups -OCH3 is 1. The van der Waals surface area contributed by atoms with E-state index in [9.17, 15) is 30.4 Å². The van der Waals surface area contributed by atoms with E-state index in [1.165, 1.54) is 0 Å². The lowest BCUT2D eigenvalue weighted by atomic mass is 10.1. The summed E-state index contributed by atoms with van der Waals surface area (Å²) in [5, 5.41) is -0.165. The van der Waals surface area contributed by atoms with Crippen molar-refractivity contribution in [3.63, 3.8) is 0 Å². The molecule has 4 aromatic rings. The fourth-order valence-electron chi connectivity index (χ4n) is 3.15. The first-order valence-electron chi connectivity index (χ1n) is 10.3. The van der Waals surface area contributed by atoms with Gasteiger partial charge in [0.15, 0.2) is 11.6 Å². The summed E-state index contributed by atoms with van der Waals surface area (Å²) in [5.41, 5.74) is -0.258. The Morgan fingerprint density at radius 2 is 1.68 bits per heavy atom. The van der Waals surface area contributed by atoms with Gasteiger partial charge in [-0.25, -0.2) is 22.2 Å². The van der Waals surface area contributed by atoms with Crippen LogP contribution in [0.4, 0.5) is 27.1 Å². The molecule has 0 aliphatic carbocycles. The molecule has 37 heavy (non-hydrogen) atoms. The summed E-state index contributed by atoms with van der Waals surface area (Å²) in [5.74, 6) is -3.99. The number of anilines is 1. The van der Waals surface area contributed by atoms with Crippen LogP contribution in [0.25, 0.3) is 0 Å². The molecule has 7 nitrogen and oxygen atoms in total. The van der Waals surface area contributed by atoms with Gasteiger partial charge in [0.1, 0.15) is 28.0 Å². The summed E-state index contributed by atoms with van der Waals surface area (Å²) in [7, 11) is -3.51. The maximum atomic E-state index is 14.7. The normalized spacial score (nSPS) is 11.8. The van der Waals surface area contributed by atoms with Crippen LogP contribution in [0.1, 0.15) is 17.0 Å². The van der Waals surface area contributed by atoms with E-state index in [1.807, 2.05) is 35.1 Å². The Morgan fingerprint density at radius 1 is 0.973 bits per heavy atom. The third-order valence-electron chi connectivity index (χ3n) is 4.84. The average Bonchev–Trinajstić information content (AvgIpc) is 3.26. The predicted molar refractivity (Wildman–Crippen MR) is 124 cm³/mol. The van der Waals surface area contributed by atoms with Crippen LogP contribution < -0.4 is 14.2 Å². The number of ether oxygens (including phenoxy) is 2. The Hall–Kier alpha value is -3.78. The molecular weight excluding hydrogens is 541 g/mol. The molecule has 0 atom stereocenters. The monoisotopic (exact) mass is 557 g/mol. The quantitative estimate of drug-likeness (QED) is 0.266. The molecule has 0 spiro atoms. The minimum Gasteiger partial charge on any atom is -0.497 e. The molecule has 0 radical (unpaired) electrons. The van der Waals surface area contributed by atoms with Crippen LogP contribution in [0.5, 0.6) is 17.2 Å². The second kappa shape index (κ2) is 10.3. The summed E-state index contributed by atoms with van der Waals surface area (Å²) >= 11 is 0.716. The maximum absolute atomic E-state index is 14.7. The summed E-state index contributed by atoms with van der Waals surface area (Å²) in [6.07, 6.45) is -4.43. The van der Waals surface area contributed by atoms with Crippen molar-refractivity contribution in [3.05, 3.63) is 89.2 Å². The third kappa shape index (κ3) is 6.32. The number of halogens is 5. The molecule has 0 aliphatic heterocycles. The van der Waals surface area contributed by atoms with Crippen LogP contribution >= 0.6 is 11.5 Å². The zero-order chi connectivity index (χ0) is 26.8. The Balaban J connectivity index is 1.55. The van der Waals surface area contributed by atoms with Gasteiger partial charge in [-0.3, -0.25) is 4.72 Å². The number of nitrogens with zero attached hydrogens (tertiary/aromatic N) is 2. The fraction of sp³-hybridized carbons (Fsp3) is 0.130. The molecule has 0 saturated heterocycles. The third-order valence-corrected chi connectivity index (χ3v) is 6.99. The van der Waals surface area contributed by atoms with E-state index in [4.69, 9.17) is 9.47 Å².